The van der Waals surface area contributed by atoms with Gasteiger partial charge in [0.2, 0.25) is 6.10 Å². The highest BCUT2D eigenvalue weighted by Crippen LogP contribution is 2.26. The Bertz CT molecular complexity index is 516. The SMILES string of the molecule is O=C(O[C@H](CN1CCCCC1)C(F)(F)F)c1cccc(Cl)c1. The molecular formula is C15H17ClF3NO2. The van der Waals surface area contributed by atoms with Crippen LogP contribution in [0.4, 0.5) is 13.2 Å². The van der Waals surface area contributed by atoms with E-state index in [0.29, 0.717) is 13.1 Å². The van der Waals surface area contributed by atoms with E-state index >= 15 is 0 Å². The highest BCUT2D eigenvalue weighted by atomic mass is 35.5. The molecule has 0 saturated carbocycles. The lowest BCUT2D eigenvalue weighted by Gasteiger charge is -2.31. The average molecular weight is 336 g/mol. The summed E-state index contributed by atoms with van der Waals surface area (Å²) in [6.07, 6.45) is -3.96. The number of hydrogen-bond donors (Lipinski definition) is 0. The average Bonchev–Trinajstić information content (AvgIpc) is 2.46. The number of halogens is 4. The molecule has 1 heterocycles. The molecule has 1 fully saturated rings. The molecule has 0 aromatic heterocycles. The number of rotatable bonds is 4. The third-order valence-corrected chi connectivity index (χ3v) is 3.78. The number of benzene rings is 1. The number of hydrogen-bond acceptors (Lipinski definition) is 3. The van der Waals surface area contributed by atoms with Gasteiger partial charge in [0.1, 0.15) is 0 Å². The summed E-state index contributed by atoms with van der Waals surface area (Å²) >= 11 is 5.73. The van der Waals surface area contributed by atoms with Crippen LogP contribution in [0.15, 0.2) is 24.3 Å². The fourth-order valence-corrected chi connectivity index (χ4v) is 2.59. The van der Waals surface area contributed by atoms with Gasteiger partial charge in [-0.3, -0.25) is 4.90 Å². The van der Waals surface area contributed by atoms with Gasteiger partial charge in [-0.15, -0.1) is 0 Å². The molecule has 1 aromatic carbocycles. The molecule has 2 rings (SSSR count). The monoisotopic (exact) mass is 335 g/mol. The molecule has 0 spiro atoms. The number of alkyl halides is 3. The fraction of sp³-hybridized carbons (Fsp3) is 0.533. The third-order valence-electron chi connectivity index (χ3n) is 3.55. The van der Waals surface area contributed by atoms with Crippen LogP contribution >= 0.6 is 11.6 Å². The highest BCUT2D eigenvalue weighted by molar-refractivity contribution is 6.30. The molecule has 0 N–H and O–H groups in total. The number of likely N-dealkylation sites (tertiary alicyclic amines) is 1. The molecule has 1 atom stereocenters. The first-order valence-corrected chi connectivity index (χ1v) is 7.49. The van der Waals surface area contributed by atoms with E-state index in [1.54, 1.807) is 4.90 Å². The molecule has 0 bridgehead atoms. The maximum atomic E-state index is 13.1. The van der Waals surface area contributed by atoms with Gasteiger partial charge in [-0.2, -0.15) is 13.2 Å². The standard InChI is InChI=1S/C15H17ClF3NO2/c16-12-6-4-5-11(9-12)14(21)22-13(15(17,18)19)10-20-7-2-1-3-8-20/h4-6,9,13H,1-3,7-8,10H2/t13-/m1/s1. The van der Waals surface area contributed by atoms with Crippen molar-refractivity contribution in [1.82, 2.24) is 4.90 Å². The maximum Gasteiger partial charge on any atom is 0.426 e. The summed E-state index contributed by atoms with van der Waals surface area (Å²) in [5.41, 5.74) is 0.0143. The topological polar surface area (TPSA) is 29.5 Å². The van der Waals surface area contributed by atoms with Crippen LogP contribution in [0.2, 0.25) is 5.02 Å². The molecule has 122 valence electrons. The van der Waals surface area contributed by atoms with Crippen molar-refractivity contribution in [3.63, 3.8) is 0 Å². The smallest absolute Gasteiger partial charge is 0.426 e. The normalized spacial score (nSPS) is 18.0. The summed E-state index contributed by atoms with van der Waals surface area (Å²) in [5.74, 6) is -1.01. The van der Waals surface area contributed by atoms with Crippen LogP contribution in [0.3, 0.4) is 0 Å². The van der Waals surface area contributed by atoms with Crippen LogP contribution < -0.4 is 0 Å². The van der Waals surface area contributed by atoms with E-state index < -0.39 is 18.2 Å². The van der Waals surface area contributed by atoms with Crippen molar-refractivity contribution in [2.45, 2.75) is 31.5 Å². The molecule has 1 aliphatic heterocycles. The minimum atomic E-state index is -4.59. The van der Waals surface area contributed by atoms with E-state index in [9.17, 15) is 18.0 Å². The van der Waals surface area contributed by atoms with Gasteiger partial charge in [0.25, 0.3) is 0 Å². The molecular weight excluding hydrogens is 319 g/mol. The summed E-state index contributed by atoms with van der Waals surface area (Å²) in [6, 6.07) is 5.69. The van der Waals surface area contributed by atoms with Crippen LogP contribution in [0.5, 0.6) is 0 Å². The third kappa shape index (κ3) is 4.88. The minimum Gasteiger partial charge on any atom is -0.448 e. The van der Waals surface area contributed by atoms with Crippen molar-refractivity contribution < 1.29 is 22.7 Å². The van der Waals surface area contributed by atoms with E-state index in [1.165, 1.54) is 24.3 Å². The number of nitrogens with zero attached hydrogens (tertiary/aromatic N) is 1. The van der Waals surface area contributed by atoms with Gasteiger partial charge >= 0.3 is 12.1 Å². The van der Waals surface area contributed by atoms with E-state index in [1.807, 2.05) is 0 Å². The fourth-order valence-electron chi connectivity index (χ4n) is 2.40. The lowest BCUT2D eigenvalue weighted by molar-refractivity contribution is -0.209. The van der Waals surface area contributed by atoms with Crippen molar-refractivity contribution >= 4 is 17.6 Å². The highest BCUT2D eigenvalue weighted by Gasteiger charge is 2.44. The zero-order valence-electron chi connectivity index (χ0n) is 11.9. The Morgan fingerprint density at radius 1 is 1.27 bits per heavy atom. The van der Waals surface area contributed by atoms with E-state index in [4.69, 9.17) is 16.3 Å². The van der Waals surface area contributed by atoms with Gasteiger partial charge in [-0.05, 0) is 44.1 Å². The van der Waals surface area contributed by atoms with Crippen molar-refractivity contribution in [2.75, 3.05) is 19.6 Å². The Hall–Kier alpha value is -1.27. The summed E-state index contributed by atoms with van der Waals surface area (Å²) in [6.45, 7) is 0.873. The first-order valence-electron chi connectivity index (χ1n) is 7.12. The first kappa shape index (κ1) is 17.1. The van der Waals surface area contributed by atoms with Crippen LogP contribution in [0.1, 0.15) is 29.6 Å². The van der Waals surface area contributed by atoms with E-state index in [2.05, 4.69) is 0 Å². The van der Waals surface area contributed by atoms with E-state index in [-0.39, 0.29) is 17.1 Å². The molecule has 0 unspecified atom stereocenters. The Balaban J connectivity index is 2.04. The lowest BCUT2D eigenvalue weighted by Crippen LogP contribution is -2.45. The molecule has 0 radical (unpaired) electrons. The summed E-state index contributed by atoms with van der Waals surface area (Å²) in [7, 11) is 0. The van der Waals surface area contributed by atoms with Gasteiger partial charge in [-0.1, -0.05) is 24.1 Å². The molecule has 0 aliphatic carbocycles. The van der Waals surface area contributed by atoms with Gasteiger partial charge in [0.05, 0.1) is 5.56 Å². The quantitative estimate of drug-likeness (QED) is 0.781. The van der Waals surface area contributed by atoms with E-state index in [0.717, 1.165) is 19.3 Å². The predicted octanol–water partition coefficient (Wildman–Crippen LogP) is 3.91. The number of ether oxygens (including phenoxy) is 1. The van der Waals surface area contributed by atoms with Gasteiger partial charge in [0.15, 0.2) is 0 Å². The second kappa shape index (κ2) is 7.33. The number of piperidine rings is 1. The van der Waals surface area contributed by atoms with Crippen molar-refractivity contribution in [2.24, 2.45) is 0 Å². The molecule has 1 saturated heterocycles. The molecule has 1 aliphatic rings. The lowest BCUT2D eigenvalue weighted by atomic mass is 10.1. The predicted molar refractivity (Wildman–Crippen MR) is 77.0 cm³/mol. The second-order valence-electron chi connectivity index (χ2n) is 5.31. The van der Waals surface area contributed by atoms with Crippen LogP contribution in [-0.4, -0.2) is 42.8 Å². The zero-order valence-corrected chi connectivity index (χ0v) is 12.7. The van der Waals surface area contributed by atoms with Crippen molar-refractivity contribution in [1.29, 1.82) is 0 Å². The molecule has 3 nitrogen and oxygen atoms in total. The molecule has 7 heteroatoms. The molecule has 22 heavy (non-hydrogen) atoms. The number of carbonyl (C=O) groups is 1. The first-order chi connectivity index (χ1) is 10.4. The Labute approximate surface area is 132 Å². The number of carbonyl (C=O) groups excluding carboxylic acids is 1. The Kier molecular flexibility index (Phi) is 5.69. The van der Waals surface area contributed by atoms with Crippen molar-refractivity contribution in [3.8, 4) is 0 Å². The zero-order chi connectivity index (χ0) is 16.2. The van der Waals surface area contributed by atoms with Crippen molar-refractivity contribution in [3.05, 3.63) is 34.9 Å². The summed E-state index contributed by atoms with van der Waals surface area (Å²) in [4.78, 5) is 13.6. The second-order valence-corrected chi connectivity index (χ2v) is 5.74. The van der Waals surface area contributed by atoms with Crippen LogP contribution in [0.25, 0.3) is 0 Å². The Morgan fingerprint density at radius 2 is 1.95 bits per heavy atom. The maximum absolute atomic E-state index is 13.1. The van der Waals surface area contributed by atoms with Crippen LogP contribution in [-0.2, 0) is 4.74 Å². The van der Waals surface area contributed by atoms with Crippen LogP contribution in [0, 0.1) is 0 Å². The summed E-state index contributed by atoms with van der Waals surface area (Å²) in [5, 5.41) is 0.272. The van der Waals surface area contributed by atoms with Gasteiger partial charge < -0.3 is 4.74 Å². The minimum absolute atomic E-state index is 0.0143. The number of esters is 1. The summed E-state index contributed by atoms with van der Waals surface area (Å²) < 4.78 is 44.0. The van der Waals surface area contributed by atoms with Gasteiger partial charge in [-0.25, -0.2) is 4.79 Å². The molecule has 0 amide bonds. The molecule has 1 aromatic rings. The Morgan fingerprint density at radius 3 is 2.55 bits per heavy atom. The largest absolute Gasteiger partial charge is 0.448 e. The van der Waals surface area contributed by atoms with Gasteiger partial charge in [0, 0.05) is 11.6 Å².